The highest BCUT2D eigenvalue weighted by molar-refractivity contribution is 5.87. The van der Waals surface area contributed by atoms with Crippen LogP contribution in [-0.2, 0) is 0 Å². The lowest BCUT2D eigenvalue weighted by molar-refractivity contribution is 0.481. The number of hydrogen-bond donors (Lipinski definition) is 2. The molecule has 2 heteroatoms. The fourth-order valence-electron chi connectivity index (χ4n) is 1.46. The predicted octanol–water partition coefficient (Wildman–Crippen LogP) is 3.16. The summed E-state index contributed by atoms with van der Waals surface area (Å²) < 4.78 is 0. The molecule has 0 amide bonds. The van der Waals surface area contributed by atoms with Crippen molar-refractivity contribution in [1.29, 1.82) is 0 Å². The Kier molecular flexibility index (Phi) is 5.37. The third-order valence-corrected chi connectivity index (χ3v) is 2.27. The van der Waals surface area contributed by atoms with Crippen molar-refractivity contribution >= 4 is 10.8 Å². The molecule has 0 saturated carbocycles. The molecule has 2 nitrogen and oxygen atoms in total. The van der Waals surface area contributed by atoms with Crippen LogP contribution in [0, 0.1) is 0 Å². The van der Waals surface area contributed by atoms with Gasteiger partial charge >= 0.3 is 0 Å². The van der Waals surface area contributed by atoms with Gasteiger partial charge in [0, 0.05) is 5.39 Å². The van der Waals surface area contributed by atoms with Crippen LogP contribution in [0.5, 0.6) is 5.75 Å². The van der Waals surface area contributed by atoms with Gasteiger partial charge in [0.05, 0.1) is 0 Å². The second kappa shape index (κ2) is 6.85. The number of phenolic OH excluding ortho intramolecular Hbond substituents is 1. The lowest BCUT2D eigenvalue weighted by atomic mass is 10.1. The van der Waals surface area contributed by atoms with Crippen molar-refractivity contribution in [3.05, 3.63) is 42.5 Å². The molecule has 16 heavy (non-hydrogen) atoms. The van der Waals surface area contributed by atoms with E-state index in [4.69, 9.17) is 0 Å². The van der Waals surface area contributed by atoms with Crippen molar-refractivity contribution in [2.45, 2.75) is 13.8 Å². The van der Waals surface area contributed by atoms with Crippen LogP contribution in [0.3, 0.4) is 0 Å². The van der Waals surface area contributed by atoms with Crippen LogP contribution in [0.15, 0.2) is 42.5 Å². The summed E-state index contributed by atoms with van der Waals surface area (Å²) >= 11 is 0. The van der Waals surface area contributed by atoms with Crippen molar-refractivity contribution in [3.8, 4) is 5.75 Å². The van der Waals surface area contributed by atoms with E-state index in [0.717, 1.165) is 23.9 Å². The predicted molar refractivity (Wildman–Crippen MR) is 69.8 cm³/mol. The van der Waals surface area contributed by atoms with Crippen LogP contribution in [0.25, 0.3) is 10.8 Å². The summed E-state index contributed by atoms with van der Waals surface area (Å²) in [5, 5.41) is 14.5. The van der Waals surface area contributed by atoms with Crippen LogP contribution in [0.2, 0.25) is 0 Å². The minimum Gasteiger partial charge on any atom is -0.507 e. The van der Waals surface area contributed by atoms with Crippen molar-refractivity contribution in [2.75, 3.05) is 13.1 Å². The second-order valence-electron chi connectivity index (χ2n) is 3.46. The maximum atomic E-state index is 9.37. The average Bonchev–Trinajstić information content (AvgIpc) is 2.32. The maximum absolute atomic E-state index is 9.37. The summed E-state index contributed by atoms with van der Waals surface area (Å²) in [4.78, 5) is 0. The molecule has 0 aromatic heterocycles. The first-order chi connectivity index (χ1) is 7.79. The molecule has 0 radical (unpaired) electrons. The summed E-state index contributed by atoms with van der Waals surface area (Å²) in [5.74, 6) is 0.350. The Morgan fingerprint density at radius 1 is 0.938 bits per heavy atom. The van der Waals surface area contributed by atoms with Gasteiger partial charge in [-0.15, -0.1) is 0 Å². The smallest absolute Gasteiger partial charge is 0.123 e. The normalized spacial score (nSPS) is 9.62. The first kappa shape index (κ1) is 12.5. The number of hydrogen-bond acceptors (Lipinski definition) is 2. The Morgan fingerprint density at radius 2 is 1.56 bits per heavy atom. The SMILES string of the molecule is CCNCC.Oc1cccc2ccccc12. The molecule has 2 N–H and O–H groups in total. The quantitative estimate of drug-likeness (QED) is 0.810. The zero-order valence-electron chi connectivity index (χ0n) is 9.90. The van der Waals surface area contributed by atoms with E-state index in [0.29, 0.717) is 5.75 Å². The highest BCUT2D eigenvalue weighted by Crippen LogP contribution is 2.22. The van der Waals surface area contributed by atoms with Crippen LogP contribution in [0.1, 0.15) is 13.8 Å². The Balaban J connectivity index is 0.000000221. The first-order valence-electron chi connectivity index (χ1n) is 5.67. The molecule has 0 fully saturated rings. The fraction of sp³-hybridized carbons (Fsp3) is 0.286. The lowest BCUT2D eigenvalue weighted by Crippen LogP contribution is -2.09. The van der Waals surface area contributed by atoms with Gasteiger partial charge in [-0.3, -0.25) is 0 Å². The van der Waals surface area contributed by atoms with E-state index in [1.807, 2.05) is 36.4 Å². The van der Waals surface area contributed by atoms with Gasteiger partial charge in [-0.25, -0.2) is 0 Å². The van der Waals surface area contributed by atoms with Crippen LogP contribution < -0.4 is 5.32 Å². The molecule has 0 aliphatic carbocycles. The van der Waals surface area contributed by atoms with Gasteiger partial charge in [0.1, 0.15) is 5.75 Å². The summed E-state index contributed by atoms with van der Waals surface area (Å²) in [7, 11) is 0. The first-order valence-corrected chi connectivity index (χ1v) is 5.67. The van der Waals surface area contributed by atoms with E-state index in [1.165, 1.54) is 0 Å². The zero-order chi connectivity index (χ0) is 11.8. The van der Waals surface area contributed by atoms with E-state index in [1.54, 1.807) is 6.07 Å². The molecule has 86 valence electrons. The summed E-state index contributed by atoms with van der Waals surface area (Å²) in [6.45, 7) is 6.39. The van der Waals surface area contributed by atoms with E-state index < -0.39 is 0 Å². The Morgan fingerprint density at radius 3 is 2.12 bits per heavy atom. The van der Waals surface area contributed by atoms with Gasteiger partial charge in [0.25, 0.3) is 0 Å². The maximum Gasteiger partial charge on any atom is 0.123 e. The van der Waals surface area contributed by atoms with Crippen molar-refractivity contribution in [2.24, 2.45) is 0 Å². The third-order valence-electron chi connectivity index (χ3n) is 2.27. The van der Waals surface area contributed by atoms with Gasteiger partial charge in [-0.2, -0.15) is 0 Å². The molecule has 0 atom stereocenters. The van der Waals surface area contributed by atoms with E-state index in [-0.39, 0.29) is 0 Å². The molecule has 2 aromatic rings. The van der Waals surface area contributed by atoms with E-state index in [9.17, 15) is 5.11 Å². The average molecular weight is 217 g/mol. The molecule has 2 rings (SSSR count). The molecule has 0 spiro atoms. The van der Waals surface area contributed by atoms with Gasteiger partial charge in [-0.05, 0) is 24.5 Å². The van der Waals surface area contributed by atoms with Crippen molar-refractivity contribution < 1.29 is 5.11 Å². The number of fused-ring (bicyclic) bond motifs is 1. The lowest BCUT2D eigenvalue weighted by Gasteiger charge is -1.97. The molecule has 0 aliphatic heterocycles. The minimum absolute atomic E-state index is 0.350. The monoisotopic (exact) mass is 217 g/mol. The summed E-state index contributed by atoms with van der Waals surface area (Å²) in [6.07, 6.45) is 0. The molecule has 0 saturated heterocycles. The van der Waals surface area contributed by atoms with Crippen molar-refractivity contribution in [3.63, 3.8) is 0 Å². The largest absolute Gasteiger partial charge is 0.507 e. The fourth-order valence-corrected chi connectivity index (χ4v) is 1.46. The second-order valence-corrected chi connectivity index (χ2v) is 3.46. The number of phenols is 1. The number of rotatable bonds is 2. The van der Waals surface area contributed by atoms with Crippen LogP contribution in [0.4, 0.5) is 0 Å². The van der Waals surface area contributed by atoms with Crippen LogP contribution in [-0.4, -0.2) is 18.2 Å². The van der Waals surface area contributed by atoms with E-state index in [2.05, 4.69) is 19.2 Å². The number of benzene rings is 2. The summed E-state index contributed by atoms with van der Waals surface area (Å²) in [5.41, 5.74) is 0. The molecular weight excluding hydrogens is 198 g/mol. The van der Waals surface area contributed by atoms with E-state index >= 15 is 0 Å². The topological polar surface area (TPSA) is 32.3 Å². The molecule has 0 aliphatic rings. The highest BCUT2D eigenvalue weighted by Gasteiger charge is 1.94. The number of nitrogens with one attached hydrogen (secondary N) is 1. The third kappa shape index (κ3) is 3.55. The molecular formula is C14H19NO. The standard InChI is InChI=1S/C10H8O.C4H11N/c11-10-7-3-5-8-4-1-2-6-9(8)10;1-3-5-4-2/h1-7,11H;5H,3-4H2,1-2H3. The zero-order valence-corrected chi connectivity index (χ0v) is 9.90. The molecule has 0 bridgehead atoms. The molecule has 2 aromatic carbocycles. The van der Waals surface area contributed by atoms with Gasteiger partial charge in [-0.1, -0.05) is 50.2 Å². The molecule has 0 heterocycles. The van der Waals surface area contributed by atoms with Gasteiger partial charge in [0.15, 0.2) is 0 Å². The Hall–Kier alpha value is -1.54. The summed E-state index contributed by atoms with van der Waals surface area (Å²) in [6, 6.07) is 13.3. The minimum atomic E-state index is 0.350. The Labute approximate surface area is 96.9 Å². The van der Waals surface area contributed by atoms with Gasteiger partial charge < -0.3 is 10.4 Å². The van der Waals surface area contributed by atoms with Crippen LogP contribution >= 0.6 is 0 Å². The Bertz CT molecular complexity index is 419. The van der Waals surface area contributed by atoms with Gasteiger partial charge in [0.2, 0.25) is 0 Å². The molecule has 0 unspecified atom stereocenters. The van der Waals surface area contributed by atoms with Crippen molar-refractivity contribution in [1.82, 2.24) is 5.32 Å². The number of aromatic hydroxyl groups is 1. The highest BCUT2D eigenvalue weighted by atomic mass is 16.3.